The Morgan fingerprint density at radius 2 is 1.78 bits per heavy atom. The third-order valence-electron chi connectivity index (χ3n) is 2.56. The van der Waals surface area contributed by atoms with Crippen molar-refractivity contribution in [3.05, 3.63) is 45.6 Å². The van der Waals surface area contributed by atoms with E-state index in [1.807, 2.05) is 6.92 Å². The van der Waals surface area contributed by atoms with E-state index in [4.69, 9.17) is 5.11 Å². The van der Waals surface area contributed by atoms with Gasteiger partial charge in [-0.1, -0.05) is 29.8 Å². The van der Waals surface area contributed by atoms with Crippen LogP contribution in [0.25, 0.3) is 11.1 Å². The molecule has 0 spiro atoms. The molecule has 1 aromatic heterocycles. The largest absolute Gasteiger partial charge is 0.426 e. The quantitative estimate of drug-likeness (QED) is 0.867. The Labute approximate surface area is 107 Å². The van der Waals surface area contributed by atoms with Crippen molar-refractivity contribution in [1.82, 2.24) is 0 Å². The third kappa shape index (κ3) is 2.57. The lowest BCUT2D eigenvalue weighted by molar-refractivity contribution is -0.133. The number of alkyl halides is 3. The highest BCUT2D eigenvalue weighted by molar-refractivity contribution is 7.12. The lowest BCUT2D eigenvalue weighted by atomic mass is 10.0. The van der Waals surface area contributed by atoms with Crippen LogP contribution >= 0.6 is 11.3 Å². The second-order valence-electron chi connectivity index (χ2n) is 3.98. The zero-order valence-corrected chi connectivity index (χ0v) is 10.4. The Hall–Kier alpha value is -1.33. The standard InChI is InChI=1S/C13H11F3OS/c1-8-2-4-9(5-3-8)11-6-10(7-17)18-12(11)13(14,15)16/h2-6,17H,7H2,1H3. The molecule has 0 aliphatic heterocycles. The van der Waals surface area contributed by atoms with E-state index < -0.39 is 11.1 Å². The fourth-order valence-electron chi connectivity index (χ4n) is 1.68. The fraction of sp³-hybridized carbons (Fsp3) is 0.231. The van der Waals surface area contributed by atoms with Gasteiger partial charge in [0.15, 0.2) is 0 Å². The van der Waals surface area contributed by atoms with Crippen LogP contribution in [0.1, 0.15) is 15.3 Å². The number of aliphatic hydroxyl groups excluding tert-OH is 1. The summed E-state index contributed by atoms with van der Waals surface area (Å²) in [4.78, 5) is -0.340. The minimum atomic E-state index is -4.39. The van der Waals surface area contributed by atoms with E-state index in [0.717, 1.165) is 5.56 Å². The average Bonchev–Trinajstić information content (AvgIpc) is 2.74. The predicted octanol–water partition coefficient (Wildman–Crippen LogP) is 4.23. The summed E-state index contributed by atoms with van der Waals surface area (Å²) in [5.41, 5.74) is 1.64. The molecule has 0 amide bonds. The van der Waals surface area contributed by atoms with E-state index in [9.17, 15) is 13.2 Å². The molecule has 0 aliphatic rings. The first-order valence-electron chi connectivity index (χ1n) is 5.29. The molecular formula is C13H11F3OS. The maximum Gasteiger partial charge on any atom is 0.426 e. The Balaban J connectivity index is 2.55. The molecule has 5 heteroatoms. The highest BCUT2D eigenvalue weighted by Gasteiger charge is 2.36. The third-order valence-corrected chi connectivity index (χ3v) is 3.72. The summed E-state index contributed by atoms with van der Waals surface area (Å²) in [7, 11) is 0. The number of aliphatic hydroxyl groups is 1. The fourth-order valence-corrected chi connectivity index (χ4v) is 2.58. The highest BCUT2D eigenvalue weighted by Crippen LogP contribution is 2.42. The van der Waals surface area contributed by atoms with Crippen LogP contribution in [-0.2, 0) is 12.8 Å². The number of hydrogen-bond acceptors (Lipinski definition) is 2. The van der Waals surface area contributed by atoms with Crippen molar-refractivity contribution in [3.63, 3.8) is 0 Å². The molecule has 1 heterocycles. The molecule has 1 N–H and O–H groups in total. The van der Waals surface area contributed by atoms with Gasteiger partial charge in [0.25, 0.3) is 0 Å². The Morgan fingerprint density at radius 3 is 2.28 bits per heavy atom. The zero-order valence-electron chi connectivity index (χ0n) is 9.58. The first-order valence-corrected chi connectivity index (χ1v) is 6.11. The summed E-state index contributed by atoms with van der Waals surface area (Å²) >= 11 is 0.590. The molecular weight excluding hydrogens is 261 g/mol. The summed E-state index contributed by atoms with van der Waals surface area (Å²) in [6.07, 6.45) is -4.39. The Morgan fingerprint density at radius 1 is 1.17 bits per heavy atom. The summed E-state index contributed by atoms with van der Waals surface area (Å²) in [6.45, 7) is 1.50. The summed E-state index contributed by atoms with van der Waals surface area (Å²) in [5.74, 6) is 0. The number of halogens is 3. The van der Waals surface area contributed by atoms with Crippen molar-refractivity contribution in [2.45, 2.75) is 19.7 Å². The van der Waals surface area contributed by atoms with Crippen molar-refractivity contribution in [2.24, 2.45) is 0 Å². The molecule has 0 bridgehead atoms. The molecule has 2 rings (SSSR count). The van der Waals surface area contributed by atoms with Gasteiger partial charge < -0.3 is 5.11 Å². The van der Waals surface area contributed by atoms with Crippen molar-refractivity contribution in [1.29, 1.82) is 0 Å². The van der Waals surface area contributed by atoms with Crippen molar-refractivity contribution in [2.75, 3.05) is 0 Å². The summed E-state index contributed by atoms with van der Waals surface area (Å²) < 4.78 is 38.7. The molecule has 0 fully saturated rings. The SMILES string of the molecule is Cc1ccc(-c2cc(CO)sc2C(F)(F)F)cc1. The van der Waals surface area contributed by atoms with Gasteiger partial charge in [-0.25, -0.2) is 0 Å². The van der Waals surface area contributed by atoms with Gasteiger partial charge in [-0.05, 0) is 18.6 Å². The highest BCUT2D eigenvalue weighted by atomic mass is 32.1. The normalized spacial score (nSPS) is 11.8. The zero-order chi connectivity index (χ0) is 13.3. The second-order valence-corrected chi connectivity index (χ2v) is 5.11. The molecule has 0 saturated heterocycles. The smallest absolute Gasteiger partial charge is 0.391 e. The lowest BCUT2D eigenvalue weighted by Gasteiger charge is -2.07. The van der Waals surface area contributed by atoms with Gasteiger partial charge in [-0.2, -0.15) is 13.2 Å². The maximum atomic E-state index is 12.9. The topological polar surface area (TPSA) is 20.2 Å². The van der Waals surface area contributed by atoms with Crippen molar-refractivity contribution < 1.29 is 18.3 Å². The maximum absolute atomic E-state index is 12.9. The lowest BCUT2D eigenvalue weighted by Crippen LogP contribution is -2.03. The molecule has 2 aromatic rings. The molecule has 0 aliphatic carbocycles. The number of hydrogen-bond donors (Lipinski definition) is 1. The van der Waals surface area contributed by atoms with Gasteiger partial charge in [0, 0.05) is 10.4 Å². The predicted molar refractivity (Wildman–Crippen MR) is 65.4 cm³/mol. The van der Waals surface area contributed by atoms with Gasteiger partial charge >= 0.3 is 6.18 Å². The number of thiophene rings is 1. The molecule has 0 atom stereocenters. The van der Waals surface area contributed by atoms with Gasteiger partial charge in [0.1, 0.15) is 4.88 Å². The van der Waals surface area contributed by atoms with Crippen LogP contribution in [0.4, 0.5) is 13.2 Å². The van der Waals surface area contributed by atoms with Crippen LogP contribution in [0.2, 0.25) is 0 Å². The van der Waals surface area contributed by atoms with E-state index >= 15 is 0 Å². The summed E-state index contributed by atoms with van der Waals surface area (Å²) in [5, 5.41) is 8.98. The summed E-state index contributed by atoms with van der Waals surface area (Å²) in [6, 6.07) is 8.26. The number of aryl methyl sites for hydroxylation is 1. The van der Waals surface area contributed by atoms with Crippen LogP contribution in [0.15, 0.2) is 30.3 Å². The van der Waals surface area contributed by atoms with Crippen LogP contribution in [-0.4, -0.2) is 5.11 Å². The van der Waals surface area contributed by atoms with Crippen LogP contribution in [0, 0.1) is 6.92 Å². The van der Waals surface area contributed by atoms with Gasteiger partial charge in [-0.15, -0.1) is 11.3 Å². The van der Waals surface area contributed by atoms with Crippen LogP contribution < -0.4 is 0 Å². The Kier molecular flexibility index (Phi) is 3.45. The molecule has 0 saturated carbocycles. The first kappa shape index (κ1) is 13.1. The van der Waals surface area contributed by atoms with Gasteiger partial charge in [0.05, 0.1) is 6.61 Å². The van der Waals surface area contributed by atoms with Crippen molar-refractivity contribution in [3.8, 4) is 11.1 Å². The minimum absolute atomic E-state index is 0.136. The van der Waals surface area contributed by atoms with E-state index in [2.05, 4.69) is 0 Å². The second kappa shape index (κ2) is 4.74. The molecule has 0 radical (unpaired) electrons. The molecule has 1 nitrogen and oxygen atoms in total. The molecule has 1 aromatic carbocycles. The van der Waals surface area contributed by atoms with E-state index in [1.54, 1.807) is 24.3 Å². The van der Waals surface area contributed by atoms with E-state index in [0.29, 0.717) is 21.8 Å². The number of benzene rings is 1. The van der Waals surface area contributed by atoms with Gasteiger partial charge in [-0.3, -0.25) is 0 Å². The molecule has 96 valence electrons. The molecule has 0 unspecified atom stereocenters. The Bertz CT molecular complexity index is 540. The van der Waals surface area contributed by atoms with Crippen LogP contribution in [0.3, 0.4) is 0 Å². The van der Waals surface area contributed by atoms with Gasteiger partial charge in [0.2, 0.25) is 0 Å². The van der Waals surface area contributed by atoms with E-state index in [-0.39, 0.29) is 12.2 Å². The minimum Gasteiger partial charge on any atom is -0.391 e. The van der Waals surface area contributed by atoms with E-state index in [1.165, 1.54) is 6.07 Å². The van der Waals surface area contributed by atoms with Crippen LogP contribution in [0.5, 0.6) is 0 Å². The average molecular weight is 272 g/mol. The van der Waals surface area contributed by atoms with Crippen molar-refractivity contribution >= 4 is 11.3 Å². The monoisotopic (exact) mass is 272 g/mol. The first-order chi connectivity index (χ1) is 8.41. The number of rotatable bonds is 2. The molecule has 18 heavy (non-hydrogen) atoms.